The van der Waals surface area contributed by atoms with Crippen LogP contribution >= 0.6 is 11.8 Å². The molecule has 1 rings (SSSR count). The molecule has 0 fully saturated rings. The van der Waals surface area contributed by atoms with Crippen molar-refractivity contribution in [2.45, 2.75) is 5.03 Å². The molecule has 1 aromatic rings. The van der Waals surface area contributed by atoms with E-state index in [-0.39, 0.29) is 12.5 Å². The predicted molar refractivity (Wildman–Crippen MR) is 60.1 cm³/mol. The zero-order valence-corrected chi connectivity index (χ0v) is 9.62. The topological polar surface area (TPSA) is 53.4 Å². The number of amides is 1. The first-order chi connectivity index (χ1) is 7.15. The first-order valence-corrected chi connectivity index (χ1v) is 5.55. The van der Waals surface area contributed by atoms with Gasteiger partial charge >= 0.3 is 0 Å². The Hall–Kier alpha value is -1.07. The van der Waals surface area contributed by atoms with Crippen LogP contribution in [0.15, 0.2) is 23.4 Å². The zero-order valence-electron chi connectivity index (χ0n) is 8.80. The maximum atomic E-state index is 11.5. The van der Waals surface area contributed by atoms with Gasteiger partial charge in [0.2, 0.25) is 0 Å². The van der Waals surface area contributed by atoms with E-state index in [0.717, 1.165) is 5.03 Å². The summed E-state index contributed by atoms with van der Waals surface area (Å²) in [5, 5.41) is 9.45. The van der Waals surface area contributed by atoms with Crippen LogP contribution in [0.2, 0.25) is 0 Å². The molecule has 5 heteroatoms. The summed E-state index contributed by atoms with van der Waals surface area (Å²) in [6.45, 7) is 0.130. The monoisotopic (exact) mass is 226 g/mol. The van der Waals surface area contributed by atoms with Gasteiger partial charge < -0.3 is 10.0 Å². The van der Waals surface area contributed by atoms with Gasteiger partial charge in [0, 0.05) is 26.0 Å². The lowest BCUT2D eigenvalue weighted by molar-refractivity contribution is 0.0827. The van der Waals surface area contributed by atoms with E-state index in [1.807, 2.05) is 0 Å². The van der Waals surface area contributed by atoms with E-state index < -0.39 is 0 Å². The molecule has 0 aromatic carbocycles. The smallest absolute Gasteiger partial charge is 0.254 e. The van der Waals surface area contributed by atoms with E-state index in [1.54, 1.807) is 32.4 Å². The van der Waals surface area contributed by atoms with E-state index in [2.05, 4.69) is 4.98 Å². The molecule has 1 aromatic heterocycles. The average Bonchev–Trinajstić information content (AvgIpc) is 2.26. The van der Waals surface area contributed by atoms with Crippen LogP contribution in [0, 0.1) is 0 Å². The van der Waals surface area contributed by atoms with Crippen molar-refractivity contribution in [2.75, 3.05) is 26.5 Å². The molecular formula is C10H14N2O2S. The van der Waals surface area contributed by atoms with E-state index in [0.29, 0.717) is 11.3 Å². The molecule has 1 N–H and O–H groups in total. The second-order valence-corrected chi connectivity index (χ2v) is 4.27. The standard InChI is InChI=1S/C10H14N2O2S/c1-12(2)10(14)8-3-4-9(11-7-8)15-6-5-13/h3-4,7,13H,5-6H2,1-2H3. The molecule has 15 heavy (non-hydrogen) atoms. The normalized spacial score (nSPS) is 10.1. The van der Waals surface area contributed by atoms with Crippen LogP contribution in [0.3, 0.4) is 0 Å². The Bertz CT molecular complexity index is 325. The predicted octanol–water partition coefficient (Wildman–Crippen LogP) is 0.868. The highest BCUT2D eigenvalue weighted by Gasteiger charge is 2.07. The van der Waals surface area contributed by atoms with Crippen LogP contribution in [0.25, 0.3) is 0 Å². The Balaban J connectivity index is 2.68. The minimum atomic E-state index is -0.0544. The van der Waals surface area contributed by atoms with Crippen molar-refractivity contribution in [2.24, 2.45) is 0 Å². The lowest BCUT2D eigenvalue weighted by atomic mass is 10.2. The van der Waals surface area contributed by atoms with Crippen LogP contribution in [0.5, 0.6) is 0 Å². The van der Waals surface area contributed by atoms with E-state index in [1.165, 1.54) is 16.7 Å². The molecule has 0 radical (unpaired) electrons. The van der Waals surface area contributed by atoms with Crippen LogP contribution in [-0.2, 0) is 0 Å². The number of aliphatic hydroxyl groups is 1. The van der Waals surface area contributed by atoms with Crippen molar-refractivity contribution in [3.8, 4) is 0 Å². The molecule has 0 bridgehead atoms. The third-order valence-corrected chi connectivity index (χ3v) is 2.65. The summed E-state index contributed by atoms with van der Waals surface area (Å²) in [5.74, 6) is 0.565. The van der Waals surface area contributed by atoms with Crippen molar-refractivity contribution in [3.63, 3.8) is 0 Å². The highest BCUT2D eigenvalue weighted by atomic mass is 32.2. The van der Waals surface area contributed by atoms with Gasteiger partial charge in [0.05, 0.1) is 17.2 Å². The van der Waals surface area contributed by atoms with Crippen molar-refractivity contribution in [1.82, 2.24) is 9.88 Å². The van der Waals surface area contributed by atoms with Crippen molar-refractivity contribution < 1.29 is 9.90 Å². The average molecular weight is 226 g/mol. The fourth-order valence-electron chi connectivity index (χ4n) is 1.00. The molecule has 1 heterocycles. The SMILES string of the molecule is CN(C)C(=O)c1ccc(SCCO)nc1. The molecule has 0 atom stereocenters. The Labute approximate surface area is 93.3 Å². The quantitative estimate of drug-likeness (QED) is 0.774. The second kappa shape index (κ2) is 5.72. The van der Waals surface area contributed by atoms with Crippen molar-refractivity contribution in [3.05, 3.63) is 23.9 Å². The summed E-state index contributed by atoms with van der Waals surface area (Å²) >= 11 is 1.46. The number of aliphatic hydroxyl groups excluding tert-OH is 1. The molecule has 0 aliphatic carbocycles. The summed E-state index contributed by atoms with van der Waals surface area (Å²) in [6, 6.07) is 3.53. The molecule has 0 aliphatic heterocycles. The molecule has 4 nitrogen and oxygen atoms in total. The molecule has 0 aliphatic rings. The molecule has 1 amide bonds. The summed E-state index contributed by atoms with van der Waals surface area (Å²) in [6.07, 6.45) is 1.56. The maximum absolute atomic E-state index is 11.5. The number of pyridine rings is 1. The highest BCUT2D eigenvalue weighted by molar-refractivity contribution is 7.99. The number of carbonyl (C=O) groups excluding carboxylic acids is 1. The highest BCUT2D eigenvalue weighted by Crippen LogP contribution is 2.14. The summed E-state index contributed by atoms with van der Waals surface area (Å²) in [7, 11) is 3.41. The number of aromatic nitrogens is 1. The molecule has 0 saturated carbocycles. The van der Waals surface area contributed by atoms with Gasteiger partial charge in [-0.1, -0.05) is 0 Å². The molecular weight excluding hydrogens is 212 g/mol. The lowest BCUT2D eigenvalue weighted by Gasteiger charge is -2.09. The van der Waals surface area contributed by atoms with Crippen LogP contribution in [0.1, 0.15) is 10.4 Å². The molecule has 0 unspecified atom stereocenters. The zero-order chi connectivity index (χ0) is 11.3. The van der Waals surface area contributed by atoms with Crippen LogP contribution in [0.4, 0.5) is 0 Å². The Morgan fingerprint density at radius 1 is 1.53 bits per heavy atom. The van der Waals surface area contributed by atoms with Crippen molar-refractivity contribution >= 4 is 17.7 Å². The third kappa shape index (κ3) is 3.53. The molecule has 0 spiro atoms. The Morgan fingerprint density at radius 3 is 2.73 bits per heavy atom. The number of thioether (sulfide) groups is 1. The Morgan fingerprint density at radius 2 is 2.27 bits per heavy atom. The Kier molecular flexibility index (Phi) is 4.58. The number of nitrogens with zero attached hydrogens (tertiary/aromatic N) is 2. The summed E-state index contributed by atoms with van der Waals surface area (Å²) < 4.78 is 0. The second-order valence-electron chi connectivity index (χ2n) is 3.16. The van der Waals surface area contributed by atoms with E-state index >= 15 is 0 Å². The van der Waals surface area contributed by atoms with Gasteiger partial charge in [0.1, 0.15) is 0 Å². The largest absolute Gasteiger partial charge is 0.396 e. The van der Waals surface area contributed by atoms with E-state index in [9.17, 15) is 4.79 Å². The maximum Gasteiger partial charge on any atom is 0.254 e. The molecule has 0 saturated heterocycles. The minimum Gasteiger partial charge on any atom is -0.396 e. The van der Waals surface area contributed by atoms with Gasteiger partial charge in [-0.05, 0) is 12.1 Å². The van der Waals surface area contributed by atoms with Crippen LogP contribution < -0.4 is 0 Å². The summed E-state index contributed by atoms with van der Waals surface area (Å²) in [4.78, 5) is 17.1. The van der Waals surface area contributed by atoms with E-state index in [4.69, 9.17) is 5.11 Å². The van der Waals surface area contributed by atoms with Gasteiger partial charge in [0.15, 0.2) is 0 Å². The lowest BCUT2D eigenvalue weighted by Crippen LogP contribution is -2.21. The fourth-order valence-corrected chi connectivity index (χ4v) is 1.59. The first-order valence-electron chi connectivity index (χ1n) is 4.56. The number of hydrogen-bond acceptors (Lipinski definition) is 4. The van der Waals surface area contributed by atoms with Gasteiger partial charge in [-0.3, -0.25) is 4.79 Å². The van der Waals surface area contributed by atoms with Gasteiger partial charge in [-0.15, -0.1) is 11.8 Å². The van der Waals surface area contributed by atoms with Gasteiger partial charge in [-0.2, -0.15) is 0 Å². The first kappa shape index (κ1) is 12.0. The number of rotatable bonds is 4. The van der Waals surface area contributed by atoms with Crippen molar-refractivity contribution in [1.29, 1.82) is 0 Å². The van der Waals surface area contributed by atoms with Crippen LogP contribution in [-0.4, -0.2) is 47.4 Å². The molecule has 82 valence electrons. The number of carbonyl (C=O) groups is 1. The number of hydrogen-bond donors (Lipinski definition) is 1. The van der Waals surface area contributed by atoms with Gasteiger partial charge in [-0.25, -0.2) is 4.98 Å². The minimum absolute atomic E-state index is 0.0544. The van der Waals surface area contributed by atoms with Gasteiger partial charge in [0.25, 0.3) is 5.91 Å². The third-order valence-electron chi connectivity index (χ3n) is 1.73. The fraction of sp³-hybridized carbons (Fsp3) is 0.400. The summed E-state index contributed by atoms with van der Waals surface area (Å²) in [5.41, 5.74) is 0.577.